The molecule has 0 atom stereocenters. The number of fused-ring (bicyclic) bond motifs is 1. The third-order valence-electron chi connectivity index (χ3n) is 8.40. The number of anilines is 4. The third kappa shape index (κ3) is 7.54. The van der Waals surface area contributed by atoms with Crippen molar-refractivity contribution in [3.8, 4) is 6.07 Å². The van der Waals surface area contributed by atoms with Crippen molar-refractivity contribution in [2.45, 2.75) is 13.8 Å². The molecule has 238 valence electrons. The normalized spacial score (nSPS) is 13.7. The van der Waals surface area contributed by atoms with Gasteiger partial charge in [-0.25, -0.2) is 10.1 Å². The zero-order valence-corrected chi connectivity index (χ0v) is 27.6. The molecule has 0 saturated carbocycles. The maximum Gasteiger partial charge on any atom is 0.269 e. The lowest BCUT2D eigenvalue weighted by molar-refractivity contribution is 0.332. The number of hydrogen-bond donors (Lipinski definition) is 0. The second-order valence-corrected chi connectivity index (χ2v) is 11.4. The van der Waals surface area contributed by atoms with Crippen LogP contribution in [0.25, 0.3) is 27.8 Å². The van der Waals surface area contributed by atoms with Crippen LogP contribution in [0.5, 0.6) is 0 Å². The Morgan fingerprint density at radius 2 is 1.22 bits per heavy atom. The molecule has 5 nitrogen and oxygen atoms in total. The number of ether oxygens (including phenoxy) is 1. The lowest BCUT2D eigenvalue weighted by atomic mass is 10.1. The summed E-state index contributed by atoms with van der Waals surface area (Å²) in [6.45, 7) is 13.7. The van der Waals surface area contributed by atoms with Crippen molar-refractivity contribution < 1.29 is 4.74 Å². The highest BCUT2D eigenvalue weighted by Gasteiger charge is 2.15. The summed E-state index contributed by atoms with van der Waals surface area (Å²) in [4.78, 5) is 8.01. The summed E-state index contributed by atoms with van der Waals surface area (Å²) >= 11 is 0. The first-order valence-corrected chi connectivity index (χ1v) is 16.4. The number of nitrogens with zero attached hydrogens (tertiary/aromatic N) is 4. The summed E-state index contributed by atoms with van der Waals surface area (Å²) < 4.78 is 6.20. The van der Waals surface area contributed by atoms with E-state index in [9.17, 15) is 5.26 Å². The fraction of sp³-hybridized carbons (Fsp3) is 0.0909. The Morgan fingerprint density at radius 3 is 1.82 bits per heavy atom. The Balaban J connectivity index is 1.25. The Kier molecular flexibility index (Phi) is 10.1. The van der Waals surface area contributed by atoms with Crippen LogP contribution in [-0.2, 0) is 4.74 Å². The first-order valence-electron chi connectivity index (χ1n) is 16.4. The van der Waals surface area contributed by atoms with Gasteiger partial charge in [0.2, 0.25) is 0 Å². The van der Waals surface area contributed by atoms with Crippen molar-refractivity contribution in [2.75, 3.05) is 22.9 Å². The van der Waals surface area contributed by atoms with Crippen LogP contribution in [0, 0.1) is 17.9 Å². The number of rotatable bonds is 10. The summed E-state index contributed by atoms with van der Waals surface area (Å²) in [7, 11) is 0. The van der Waals surface area contributed by atoms with Crippen LogP contribution in [0.1, 0.15) is 25.0 Å². The molecule has 0 spiro atoms. The van der Waals surface area contributed by atoms with E-state index in [4.69, 9.17) is 11.3 Å². The van der Waals surface area contributed by atoms with Crippen LogP contribution in [0.2, 0.25) is 0 Å². The highest BCUT2D eigenvalue weighted by Crippen LogP contribution is 2.38. The first-order chi connectivity index (χ1) is 24.1. The van der Waals surface area contributed by atoms with Gasteiger partial charge in [-0.1, -0.05) is 91.0 Å². The zero-order valence-electron chi connectivity index (χ0n) is 27.6. The molecule has 0 bridgehead atoms. The Hall–Kier alpha value is -6.56. The second-order valence-electron chi connectivity index (χ2n) is 11.4. The maximum absolute atomic E-state index is 9.61. The monoisotopic (exact) mass is 636 g/mol. The van der Waals surface area contributed by atoms with E-state index in [2.05, 4.69) is 144 Å². The van der Waals surface area contributed by atoms with E-state index in [1.807, 2.05) is 36.4 Å². The number of para-hydroxylation sites is 1. The van der Waals surface area contributed by atoms with Gasteiger partial charge in [-0.15, -0.1) is 0 Å². The van der Waals surface area contributed by atoms with E-state index < -0.39 is 0 Å². The van der Waals surface area contributed by atoms with Gasteiger partial charge in [0.15, 0.2) is 0 Å². The molecule has 1 aliphatic heterocycles. The summed E-state index contributed by atoms with van der Waals surface area (Å²) in [5.74, 6) is 1.08. The van der Waals surface area contributed by atoms with Crippen LogP contribution in [0.3, 0.4) is 0 Å². The van der Waals surface area contributed by atoms with E-state index in [1.54, 1.807) is 12.2 Å². The third-order valence-corrected chi connectivity index (χ3v) is 8.40. The molecule has 0 aromatic heterocycles. The minimum absolute atomic E-state index is 0.0162. The van der Waals surface area contributed by atoms with E-state index in [1.165, 1.54) is 16.5 Å². The van der Waals surface area contributed by atoms with Crippen LogP contribution in [0.15, 0.2) is 168 Å². The van der Waals surface area contributed by atoms with Gasteiger partial charge in [-0.3, -0.25) is 0 Å². The van der Waals surface area contributed by atoms with Gasteiger partial charge in [0.1, 0.15) is 11.5 Å². The average molecular weight is 637 g/mol. The Morgan fingerprint density at radius 1 is 0.673 bits per heavy atom. The van der Waals surface area contributed by atoms with Crippen molar-refractivity contribution in [3.05, 3.63) is 191 Å². The van der Waals surface area contributed by atoms with Gasteiger partial charge in [-0.2, -0.15) is 0 Å². The van der Waals surface area contributed by atoms with E-state index in [-0.39, 0.29) is 5.70 Å². The highest BCUT2D eigenvalue weighted by atomic mass is 16.5. The molecule has 0 N–H and O–H groups in total. The highest BCUT2D eigenvalue weighted by molar-refractivity contribution is 5.98. The predicted octanol–water partition coefficient (Wildman–Crippen LogP) is 11.4. The summed E-state index contributed by atoms with van der Waals surface area (Å²) in [6, 6.07) is 44.0. The number of nitriles is 1. The lowest BCUT2D eigenvalue weighted by Crippen LogP contribution is -2.21. The first kappa shape index (κ1) is 32.4. The van der Waals surface area contributed by atoms with Crippen LogP contribution < -0.4 is 9.80 Å². The summed E-state index contributed by atoms with van der Waals surface area (Å²) in [5, 5.41) is 12.0. The fourth-order valence-electron chi connectivity index (χ4n) is 5.88. The van der Waals surface area contributed by atoms with Crippen molar-refractivity contribution in [3.63, 3.8) is 0 Å². The summed E-state index contributed by atoms with van der Waals surface area (Å²) in [5.41, 5.74) is 6.93. The molecule has 5 aromatic carbocycles. The zero-order chi connectivity index (χ0) is 34.0. The molecule has 5 heteroatoms. The molecule has 0 aliphatic carbocycles. The number of benzene rings is 5. The minimum atomic E-state index is 0.0162. The number of hydrogen-bond acceptors (Lipinski definition) is 4. The quantitative estimate of drug-likeness (QED) is 0.113. The fourth-order valence-corrected chi connectivity index (χ4v) is 5.88. The topological polar surface area (TPSA) is 43.9 Å². The molecule has 1 heterocycles. The molecule has 0 unspecified atom stereocenters. The van der Waals surface area contributed by atoms with Crippen LogP contribution >= 0.6 is 0 Å². The maximum atomic E-state index is 9.61. The van der Waals surface area contributed by atoms with Crippen molar-refractivity contribution in [2.24, 2.45) is 0 Å². The van der Waals surface area contributed by atoms with Gasteiger partial charge in [0, 0.05) is 35.5 Å². The second kappa shape index (κ2) is 15.4. The van der Waals surface area contributed by atoms with E-state index >= 15 is 0 Å². The predicted molar refractivity (Wildman–Crippen MR) is 203 cm³/mol. The molecular weight excluding hydrogens is 601 g/mol. The molecule has 6 rings (SSSR count). The summed E-state index contributed by atoms with van der Waals surface area (Å²) in [6.07, 6.45) is 11.1. The van der Waals surface area contributed by atoms with Crippen LogP contribution in [-0.4, -0.2) is 13.1 Å². The lowest BCUT2D eigenvalue weighted by Gasteiger charge is -2.27. The van der Waals surface area contributed by atoms with Crippen molar-refractivity contribution in [1.82, 2.24) is 0 Å². The van der Waals surface area contributed by atoms with E-state index in [0.717, 1.165) is 41.3 Å². The molecule has 49 heavy (non-hydrogen) atoms. The molecule has 0 amide bonds. The molecule has 0 fully saturated rings. The van der Waals surface area contributed by atoms with Crippen molar-refractivity contribution in [1.29, 1.82) is 5.26 Å². The minimum Gasteiger partial charge on any atom is -0.457 e. The SMILES string of the molecule is [C-]#[N+]/C(C#N)=C1C=C(/C=C/c2ccc(N(CC)CC)cc2)OC(/C=C/c2ccc(N(c3ccccc3)c3cccc4ccccc34)cc2)=C\1. The Bertz CT molecular complexity index is 2150. The molecular formula is C44H36N4O. The molecule has 0 saturated heterocycles. The largest absolute Gasteiger partial charge is 0.457 e. The molecule has 1 aliphatic rings. The standard InChI is InChI=1S/C44H36N4O/c1-4-47(5-2)37-24-18-33(19-25-37)22-28-40-30-36(43(32-45)46-3)31-41(49-40)29-23-34-20-26-39(27-21-34)48(38-14-7-6-8-15-38)44-17-11-13-35-12-9-10-16-42(35)44/h6-31H,4-5H2,1-2H3/b28-22+,29-23+,43-36+. The van der Waals surface area contributed by atoms with Crippen molar-refractivity contribution >= 4 is 45.7 Å². The number of allylic oxidation sites excluding steroid dienone is 6. The van der Waals surface area contributed by atoms with Crippen LogP contribution in [0.4, 0.5) is 22.7 Å². The van der Waals surface area contributed by atoms with Gasteiger partial charge in [-0.05, 0) is 103 Å². The molecule has 0 radical (unpaired) electrons. The average Bonchev–Trinajstić information content (AvgIpc) is 3.16. The van der Waals surface area contributed by atoms with Gasteiger partial charge in [0.25, 0.3) is 5.70 Å². The smallest absolute Gasteiger partial charge is 0.269 e. The molecule has 5 aromatic rings. The van der Waals surface area contributed by atoms with Gasteiger partial charge >= 0.3 is 0 Å². The van der Waals surface area contributed by atoms with Gasteiger partial charge < -0.3 is 14.5 Å². The Labute approximate surface area is 288 Å². The van der Waals surface area contributed by atoms with E-state index in [0.29, 0.717) is 17.1 Å². The van der Waals surface area contributed by atoms with Gasteiger partial charge in [0.05, 0.1) is 18.3 Å².